The first kappa shape index (κ1) is 15.3. The van der Waals surface area contributed by atoms with Crippen molar-refractivity contribution in [2.75, 3.05) is 13.1 Å². The zero-order valence-corrected chi connectivity index (χ0v) is 12.7. The van der Waals surface area contributed by atoms with Crippen molar-refractivity contribution >= 4 is 17.5 Å². The SMILES string of the molecule is CCC1C(=O)NCCN1C(c1ccc(Cl)cc1)C(C)N. The lowest BCUT2D eigenvalue weighted by molar-refractivity contribution is -0.130. The van der Waals surface area contributed by atoms with E-state index in [0.717, 1.165) is 18.5 Å². The minimum absolute atomic E-state index is 0.0308. The second-order valence-electron chi connectivity index (χ2n) is 5.31. The predicted octanol–water partition coefficient (Wildman–Crippen LogP) is 1.94. The fourth-order valence-electron chi connectivity index (χ4n) is 2.94. The van der Waals surface area contributed by atoms with E-state index in [1.807, 2.05) is 38.1 Å². The van der Waals surface area contributed by atoms with Crippen LogP contribution in [0.5, 0.6) is 0 Å². The number of halogens is 1. The third-order valence-electron chi connectivity index (χ3n) is 3.83. The van der Waals surface area contributed by atoms with Gasteiger partial charge < -0.3 is 11.1 Å². The maximum atomic E-state index is 12.0. The van der Waals surface area contributed by atoms with Gasteiger partial charge in [-0.15, -0.1) is 0 Å². The van der Waals surface area contributed by atoms with Gasteiger partial charge in [0.1, 0.15) is 0 Å². The number of piperazine rings is 1. The average Bonchev–Trinajstić information content (AvgIpc) is 2.41. The van der Waals surface area contributed by atoms with Crippen LogP contribution in [-0.2, 0) is 4.79 Å². The molecule has 1 fully saturated rings. The molecular formula is C15H22ClN3O. The number of nitrogens with one attached hydrogen (secondary N) is 1. The van der Waals surface area contributed by atoms with Gasteiger partial charge in [-0.05, 0) is 31.0 Å². The molecule has 0 aromatic heterocycles. The highest BCUT2D eigenvalue weighted by molar-refractivity contribution is 6.30. The normalized spacial score (nSPS) is 23.2. The summed E-state index contributed by atoms with van der Waals surface area (Å²) in [5.74, 6) is 0.0957. The van der Waals surface area contributed by atoms with Crippen molar-refractivity contribution in [1.29, 1.82) is 0 Å². The standard InChI is InChI=1S/C15H22ClN3O/c1-3-13-15(20)18-8-9-19(13)14(10(2)17)11-4-6-12(16)7-5-11/h4-7,10,13-14H,3,8-9,17H2,1-2H3,(H,18,20). The summed E-state index contributed by atoms with van der Waals surface area (Å²) < 4.78 is 0. The van der Waals surface area contributed by atoms with Gasteiger partial charge in [0.25, 0.3) is 0 Å². The van der Waals surface area contributed by atoms with Crippen molar-refractivity contribution < 1.29 is 4.79 Å². The zero-order valence-electron chi connectivity index (χ0n) is 12.0. The molecule has 1 aromatic carbocycles. The summed E-state index contributed by atoms with van der Waals surface area (Å²) in [4.78, 5) is 14.2. The molecule has 4 nitrogen and oxygen atoms in total. The van der Waals surface area contributed by atoms with E-state index in [-0.39, 0.29) is 24.0 Å². The maximum absolute atomic E-state index is 12.0. The molecule has 0 spiro atoms. The topological polar surface area (TPSA) is 58.4 Å². The second-order valence-corrected chi connectivity index (χ2v) is 5.74. The van der Waals surface area contributed by atoms with Gasteiger partial charge in [-0.3, -0.25) is 9.69 Å². The number of nitrogens with two attached hydrogens (primary N) is 1. The predicted molar refractivity (Wildman–Crippen MR) is 81.6 cm³/mol. The van der Waals surface area contributed by atoms with E-state index >= 15 is 0 Å². The van der Waals surface area contributed by atoms with Crippen LogP contribution in [0.3, 0.4) is 0 Å². The number of carbonyl (C=O) groups excluding carboxylic acids is 1. The lowest BCUT2D eigenvalue weighted by atomic mass is 9.95. The van der Waals surface area contributed by atoms with Crippen LogP contribution in [0.15, 0.2) is 24.3 Å². The number of hydrogen-bond acceptors (Lipinski definition) is 3. The first-order chi connectivity index (χ1) is 9.54. The van der Waals surface area contributed by atoms with Crippen molar-refractivity contribution in [2.45, 2.75) is 38.4 Å². The van der Waals surface area contributed by atoms with E-state index in [9.17, 15) is 4.79 Å². The quantitative estimate of drug-likeness (QED) is 0.892. The highest BCUT2D eigenvalue weighted by Gasteiger charge is 2.35. The van der Waals surface area contributed by atoms with Crippen molar-refractivity contribution in [3.63, 3.8) is 0 Å². The summed E-state index contributed by atoms with van der Waals surface area (Å²) in [6.07, 6.45) is 0.780. The van der Waals surface area contributed by atoms with Gasteiger partial charge >= 0.3 is 0 Å². The Hall–Kier alpha value is -1.10. The van der Waals surface area contributed by atoms with Crippen LogP contribution in [0.25, 0.3) is 0 Å². The van der Waals surface area contributed by atoms with E-state index in [4.69, 9.17) is 17.3 Å². The summed E-state index contributed by atoms with van der Waals surface area (Å²) in [5.41, 5.74) is 7.30. The molecule has 0 saturated carbocycles. The number of rotatable bonds is 4. The first-order valence-corrected chi connectivity index (χ1v) is 7.47. The van der Waals surface area contributed by atoms with Gasteiger partial charge in [-0.1, -0.05) is 30.7 Å². The molecule has 110 valence electrons. The molecule has 2 rings (SSSR count). The van der Waals surface area contributed by atoms with Crippen LogP contribution < -0.4 is 11.1 Å². The molecule has 1 heterocycles. The zero-order chi connectivity index (χ0) is 14.7. The Bertz CT molecular complexity index is 461. The molecule has 1 amide bonds. The van der Waals surface area contributed by atoms with Crippen LogP contribution in [-0.4, -0.2) is 36.0 Å². The summed E-state index contributed by atoms with van der Waals surface area (Å²) in [5, 5.41) is 3.63. The molecule has 20 heavy (non-hydrogen) atoms. The highest BCUT2D eigenvalue weighted by Crippen LogP contribution is 2.28. The van der Waals surface area contributed by atoms with Crippen LogP contribution in [0.2, 0.25) is 5.02 Å². The molecule has 5 heteroatoms. The lowest BCUT2D eigenvalue weighted by Gasteiger charge is -2.42. The summed E-state index contributed by atoms with van der Waals surface area (Å²) in [7, 11) is 0. The second kappa shape index (κ2) is 6.57. The summed E-state index contributed by atoms with van der Waals surface area (Å²) in [6, 6.07) is 7.59. The van der Waals surface area contributed by atoms with E-state index in [1.54, 1.807) is 0 Å². The molecule has 1 aromatic rings. The number of hydrogen-bond donors (Lipinski definition) is 2. The Morgan fingerprint density at radius 2 is 2.10 bits per heavy atom. The first-order valence-electron chi connectivity index (χ1n) is 7.09. The average molecular weight is 296 g/mol. The van der Waals surface area contributed by atoms with E-state index in [0.29, 0.717) is 11.6 Å². The Morgan fingerprint density at radius 3 is 2.65 bits per heavy atom. The Morgan fingerprint density at radius 1 is 1.45 bits per heavy atom. The number of benzene rings is 1. The van der Waals surface area contributed by atoms with Crippen LogP contribution in [0.4, 0.5) is 0 Å². The van der Waals surface area contributed by atoms with Gasteiger partial charge in [-0.25, -0.2) is 0 Å². The number of carbonyl (C=O) groups is 1. The van der Waals surface area contributed by atoms with Crippen LogP contribution >= 0.6 is 11.6 Å². The summed E-state index contributed by atoms with van der Waals surface area (Å²) in [6.45, 7) is 5.51. The van der Waals surface area contributed by atoms with Gasteiger partial charge in [0.15, 0.2) is 0 Å². The van der Waals surface area contributed by atoms with Crippen molar-refractivity contribution in [3.8, 4) is 0 Å². The molecule has 3 unspecified atom stereocenters. The fraction of sp³-hybridized carbons (Fsp3) is 0.533. The molecule has 1 aliphatic heterocycles. The third-order valence-corrected chi connectivity index (χ3v) is 4.08. The molecule has 3 N–H and O–H groups in total. The Kier molecular flexibility index (Phi) is 5.02. The highest BCUT2D eigenvalue weighted by atomic mass is 35.5. The minimum atomic E-state index is -0.115. The van der Waals surface area contributed by atoms with Gasteiger partial charge in [0, 0.05) is 24.2 Å². The largest absolute Gasteiger partial charge is 0.353 e. The molecule has 1 aliphatic rings. The van der Waals surface area contributed by atoms with Crippen LogP contribution in [0.1, 0.15) is 31.9 Å². The molecule has 3 atom stereocenters. The summed E-state index contributed by atoms with van der Waals surface area (Å²) >= 11 is 5.95. The van der Waals surface area contributed by atoms with Crippen LogP contribution in [0, 0.1) is 0 Å². The molecular weight excluding hydrogens is 274 g/mol. The molecule has 0 bridgehead atoms. The molecule has 0 aliphatic carbocycles. The van der Waals surface area contributed by atoms with Crippen molar-refractivity contribution in [3.05, 3.63) is 34.9 Å². The number of amides is 1. The van der Waals surface area contributed by atoms with E-state index < -0.39 is 0 Å². The van der Waals surface area contributed by atoms with Crippen molar-refractivity contribution in [1.82, 2.24) is 10.2 Å². The Balaban J connectivity index is 2.32. The van der Waals surface area contributed by atoms with Gasteiger partial charge in [0.2, 0.25) is 5.91 Å². The fourth-order valence-corrected chi connectivity index (χ4v) is 3.07. The lowest BCUT2D eigenvalue weighted by Crippen LogP contribution is -2.58. The molecule has 1 saturated heterocycles. The number of nitrogens with zero attached hydrogens (tertiary/aromatic N) is 1. The van der Waals surface area contributed by atoms with E-state index in [2.05, 4.69) is 10.2 Å². The van der Waals surface area contributed by atoms with Gasteiger partial charge in [0.05, 0.1) is 12.1 Å². The monoisotopic (exact) mass is 295 g/mol. The van der Waals surface area contributed by atoms with E-state index in [1.165, 1.54) is 0 Å². The minimum Gasteiger partial charge on any atom is -0.353 e. The van der Waals surface area contributed by atoms with Crippen molar-refractivity contribution in [2.24, 2.45) is 5.73 Å². The van der Waals surface area contributed by atoms with Gasteiger partial charge in [-0.2, -0.15) is 0 Å². The smallest absolute Gasteiger partial charge is 0.237 e. The molecule has 0 radical (unpaired) electrons. The maximum Gasteiger partial charge on any atom is 0.237 e. The Labute approximate surface area is 125 Å². The third kappa shape index (κ3) is 3.14.